The summed E-state index contributed by atoms with van der Waals surface area (Å²) in [6, 6.07) is 9.38. The zero-order valence-corrected chi connectivity index (χ0v) is 22.1. The van der Waals surface area contributed by atoms with Crippen LogP contribution in [0.15, 0.2) is 41.7 Å². The number of imidazole rings is 1. The van der Waals surface area contributed by atoms with E-state index in [9.17, 15) is 4.21 Å². The fraction of sp³-hybridized carbons (Fsp3) is 0.500. The van der Waals surface area contributed by atoms with Crippen molar-refractivity contribution in [2.75, 3.05) is 19.8 Å². The van der Waals surface area contributed by atoms with E-state index in [0.29, 0.717) is 25.0 Å². The number of pyridine rings is 1. The molecule has 33 heavy (non-hydrogen) atoms. The van der Waals surface area contributed by atoms with Crippen LogP contribution in [0.3, 0.4) is 0 Å². The Labute approximate surface area is 218 Å². The second-order valence-corrected chi connectivity index (χ2v) is 9.98. The summed E-state index contributed by atoms with van der Waals surface area (Å²) in [7, 11) is -1.38. The summed E-state index contributed by atoms with van der Waals surface area (Å²) in [5.41, 5.74) is 3.12. The predicted molar refractivity (Wildman–Crippen MR) is 121 cm³/mol. The van der Waals surface area contributed by atoms with E-state index in [0.717, 1.165) is 40.9 Å². The summed E-state index contributed by atoms with van der Waals surface area (Å²) in [5.74, 6) is 0.834. The first kappa shape index (κ1) is 24.8. The number of ether oxygens (including phenoxy) is 3. The standard InChI is InChI=1S/C24H28N3O4S.Na/c1-17-21(16-32(28)23-26-19-7-3-4-8-20(19)27-23)25-12-9-22(17)29-13-18-14-30-24(31-15-18)10-5-2-6-11-24;/h3-4,7-9,12,18H,2,5-6,10-11,13-16H2,1H3;/q-1;+1. The van der Waals surface area contributed by atoms with Crippen LogP contribution in [-0.4, -0.2) is 39.8 Å². The van der Waals surface area contributed by atoms with E-state index in [1.54, 1.807) is 6.20 Å². The molecule has 5 rings (SSSR count). The molecule has 3 heterocycles. The number of nitrogens with zero attached hydrogens (tertiary/aromatic N) is 3. The third-order valence-corrected chi connectivity index (χ3v) is 7.42. The summed E-state index contributed by atoms with van der Waals surface area (Å²) in [6.07, 6.45) is 7.30. The van der Waals surface area contributed by atoms with Crippen molar-refractivity contribution in [3.8, 4) is 5.75 Å². The molecule has 0 N–H and O–H groups in total. The van der Waals surface area contributed by atoms with Crippen LogP contribution in [0.4, 0.5) is 0 Å². The Morgan fingerprint density at radius 3 is 2.67 bits per heavy atom. The average molecular weight is 478 g/mol. The topological polar surface area (TPSA) is 84.6 Å². The molecule has 1 atom stereocenters. The quantitative estimate of drug-likeness (QED) is 0.488. The molecule has 1 saturated heterocycles. The summed E-state index contributed by atoms with van der Waals surface area (Å²) in [5, 5.41) is 0.340. The predicted octanol–water partition coefficient (Wildman–Crippen LogP) is 0.909. The van der Waals surface area contributed by atoms with Crippen LogP contribution in [-0.2, 0) is 26.0 Å². The molecule has 1 spiro atoms. The van der Waals surface area contributed by atoms with Crippen LogP contribution >= 0.6 is 0 Å². The van der Waals surface area contributed by atoms with Crippen molar-refractivity contribution in [2.45, 2.75) is 55.7 Å². The van der Waals surface area contributed by atoms with E-state index in [2.05, 4.69) is 15.0 Å². The van der Waals surface area contributed by atoms with Gasteiger partial charge in [-0.1, -0.05) is 30.7 Å². The third kappa shape index (κ3) is 5.69. The number of rotatable bonds is 6. The molecule has 0 radical (unpaired) electrons. The molecule has 1 aliphatic heterocycles. The first-order valence-electron chi connectivity index (χ1n) is 11.2. The van der Waals surface area contributed by atoms with Gasteiger partial charge in [0.15, 0.2) is 5.79 Å². The zero-order valence-electron chi connectivity index (χ0n) is 19.3. The third-order valence-electron chi connectivity index (χ3n) is 6.30. The molecule has 0 bridgehead atoms. The van der Waals surface area contributed by atoms with Crippen molar-refractivity contribution in [2.24, 2.45) is 5.92 Å². The Balaban J connectivity index is 0.00000259. The minimum Gasteiger partial charge on any atom is -0.493 e. The van der Waals surface area contributed by atoms with E-state index in [-0.39, 0.29) is 47.0 Å². The molecule has 1 saturated carbocycles. The van der Waals surface area contributed by atoms with Crippen LogP contribution in [0.25, 0.3) is 11.0 Å². The Hall–Kier alpha value is -1.29. The summed E-state index contributed by atoms with van der Waals surface area (Å²) >= 11 is 0. The number of benzene rings is 1. The number of hydrogen-bond donors (Lipinski definition) is 0. The van der Waals surface area contributed by atoms with Crippen molar-refractivity contribution in [3.05, 3.63) is 47.8 Å². The molecule has 1 aromatic carbocycles. The van der Waals surface area contributed by atoms with Crippen LogP contribution in [0.1, 0.15) is 43.4 Å². The first-order chi connectivity index (χ1) is 15.6. The minimum atomic E-state index is -1.38. The maximum absolute atomic E-state index is 12.9. The van der Waals surface area contributed by atoms with E-state index < -0.39 is 10.8 Å². The maximum Gasteiger partial charge on any atom is 1.00 e. The molecular formula is C24H28N3NaO4S. The summed E-state index contributed by atoms with van der Waals surface area (Å²) in [6.45, 7) is 3.77. The van der Waals surface area contributed by atoms with Gasteiger partial charge in [-0.05, 0) is 36.9 Å². The van der Waals surface area contributed by atoms with Crippen LogP contribution in [0.5, 0.6) is 5.75 Å². The average Bonchev–Trinajstić information content (AvgIpc) is 3.26. The monoisotopic (exact) mass is 477 g/mol. The number of aromatic nitrogens is 3. The second kappa shape index (κ2) is 11.0. The molecular weight excluding hydrogens is 449 g/mol. The van der Waals surface area contributed by atoms with E-state index in [1.165, 1.54) is 19.3 Å². The van der Waals surface area contributed by atoms with Gasteiger partial charge in [0, 0.05) is 35.7 Å². The smallest absolute Gasteiger partial charge is 0.493 e. The Morgan fingerprint density at radius 2 is 1.91 bits per heavy atom. The molecule has 2 aliphatic rings. The van der Waals surface area contributed by atoms with Gasteiger partial charge in [-0.15, -0.1) is 0 Å². The van der Waals surface area contributed by atoms with E-state index in [1.807, 2.05) is 37.3 Å². The number of hydrogen-bond acceptors (Lipinski definition) is 6. The van der Waals surface area contributed by atoms with Crippen LogP contribution in [0.2, 0.25) is 0 Å². The first-order valence-corrected chi connectivity index (χ1v) is 12.6. The molecule has 1 aliphatic carbocycles. The van der Waals surface area contributed by atoms with Crippen molar-refractivity contribution < 1.29 is 48.0 Å². The molecule has 1 unspecified atom stereocenters. The molecule has 9 heteroatoms. The van der Waals surface area contributed by atoms with Gasteiger partial charge in [0.05, 0.1) is 42.1 Å². The van der Waals surface area contributed by atoms with Gasteiger partial charge >= 0.3 is 29.6 Å². The van der Waals surface area contributed by atoms with Crippen LogP contribution in [0, 0.1) is 12.8 Å². The van der Waals surface area contributed by atoms with Gasteiger partial charge in [-0.25, -0.2) is 0 Å². The fourth-order valence-electron chi connectivity index (χ4n) is 4.35. The Morgan fingerprint density at radius 1 is 1.15 bits per heavy atom. The molecule has 7 nitrogen and oxygen atoms in total. The van der Waals surface area contributed by atoms with Gasteiger partial charge in [0.2, 0.25) is 0 Å². The van der Waals surface area contributed by atoms with Gasteiger partial charge < -0.3 is 24.2 Å². The molecule has 2 aromatic heterocycles. The van der Waals surface area contributed by atoms with Gasteiger partial charge in [-0.3, -0.25) is 9.19 Å². The van der Waals surface area contributed by atoms with Gasteiger partial charge in [0.1, 0.15) is 5.75 Å². The number of fused-ring (bicyclic) bond motifs is 1. The molecule has 170 valence electrons. The Kier molecular flexibility index (Phi) is 8.25. The summed E-state index contributed by atoms with van der Waals surface area (Å²) in [4.78, 5) is 13.2. The zero-order chi connectivity index (χ0) is 22.0. The normalized spacial score (nSPS) is 19.3. The van der Waals surface area contributed by atoms with Crippen molar-refractivity contribution in [3.63, 3.8) is 0 Å². The minimum absolute atomic E-state index is 0. The van der Waals surface area contributed by atoms with Gasteiger partial charge in [0.25, 0.3) is 0 Å². The molecule has 3 aromatic rings. The SMILES string of the molecule is Cc1c(OCC2COC3(CCCCC3)OC2)ccnc1CS(=O)c1nc2ccccc2[n-]1.[Na+]. The van der Waals surface area contributed by atoms with Crippen molar-refractivity contribution in [1.82, 2.24) is 15.0 Å². The largest absolute Gasteiger partial charge is 1.00 e. The summed E-state index contributed by atoms with van der Waals surface area (Å²) < 4.78 is 31.2. The van der Waals surface area contributed by atoms with Crippen LogP contribution < -0.4 is 39.3 Å². The second-order valence-electron chi connectivity index (χ2n) is 8.64. The van der Waals surface area contributed by atoms with Gasteiger partial charge in [-0.2, -0.15) is 0 Å². The number of para-hydroxylation sites is 2. The molecule has 2 fully saturated rings. The molecule has 0 amide bonds. The Bertz CT molecular complexity index is 1070. The van der Waals surface area contributed by atoms with Crippen molar-refractivity contribution >= 4 is 21.8 Å². The van der Waals surface area contributed by atoms with E-state index in [4.69, 9.17) is 14.2 Å². The van der Waals surface area contributed by atoms with E-state index >= 15 is 0 Å². The fourth-order valence-corrected chi connectivity index (χ4v) is 5.42. The maximum atomic E-state index is 12.9. The van der Waals surface area contributed by atoms with Crippen molar-refractivity contribution in [1.29, 1.82) is 0 Å².